The quantitative estimate of drug-likeness (QED) is 0.382. The van der Waals surface area contributed by atoms with Crippen molar-refractivity contribution in [3.8, 4) is 0 Å². The van der Waals surface area contributed by atoms with Crippen LogP contribution in [0.25, 0.3) is 0 Å². The van der Waals surface area contributed by atoms with Crippen molar-refractivity contribution in [3.05, 3.63) is 56.7 Å². The van der Waals surface area contributed by atoms with E-state index in [1.165, 1.54) is 10.4 Å². The summed E-state index contributed by atoms with van der Waals surface area (Å²) < 4.78 is 0. The van der Waals surface area contributed by atoms with Gasteiger partial charge in [-0.25, -0.2) is 0 Å². The molecule has 0 radical (unpaired) electrons. The molecule has 0 saturated carbocycles. The van der Waals surface area contributed by atoms with E-state index in [0.29, 0.717) is 24.1 Å². The van der Waals surface area contributed by atoms with E-state index in [1.807, 2.05) is 29.2 Å². The molecular formula is C18H22ClIN4OS. The Balaban J connectivity index is 0.00000243. The molecule has 2 N–H and O–H groups in total. The number of carbonyl (C=O) groups is 1. The van der Waals surface area contributed by atoms with Gasteiger partial charge in [-0.3, -0.25) is 9.79 Å². The number of benzene rings is 1. The van der Waals surface area contributed by atoms with E-state index in [2.05, 4.69) is 27.1 Å². The second-order valence-electron chi connectivity index (χ2n) is 5.81. The van der Waals surface area contributed by atoms with Crippen LogP contribution in [0, 0.1) is 0 Å². The second kappa shape index (κ2) is 10.1. The fourth-order valence-corrected chi connectivity index (χ4v) is 3.87. The molecule has 1 aromatic carbocycles. The summed E-state index contributed by atoms with van der Waals surface area (Å²) in [6.45, 7) is 2.25. The lowest BCUT2D eigenvalue weighted by Gasteiger charge is -2.27. The van der Waals surface area contributed by atoms with Gasteiger partial charge in [-0.1, -0.05) is 29.8 Å². The number of amides is 1. The lowest BCUT2D eigenvalue weighted by atomic mass is 10.1. The van der Waals surface area contributed by atoms with Gasteiger partial charge in [0.05, 0.1) is 6.54 Å². The molecule has 8 heteroatoms. The van der Waals surface area contributed by atoms with Crippen molar-refractivity contribution < 1.29 is 4.79 Å². The number of aliphatic imine (C=N–C) groups is 1. The molecule has 0 atom stereocenters. The molecule has 0 aliphatic carbocycles. The van der Waals surface area contributed by atoms with Crippen LogP contribution in [0.2, 0.25) is 5.02 Å². The number of halogens is 2. The van der Waals surface area contributed by atoms with E-state index < -0.39 is 0 Å². The van der Waals surface area contributed by atoms with Crippen LogP contribution in [0.4, 0.5) is 0 Å². The van der Waals surface area contributed by atoms with Gasteiger partial charge in [0.15, 0.2) is 5.96 Å². The lowest BCUT2D eigenvalue weighted by Crippen LogP contribution is -2.45. The molecule has 1 aliphatic heterocycles. The minimum absolute atomic E-state index is 0. The van der Waals surface area contributed by atoms with Gasteiger partial charge in [0, 0.05) is 36.6 Å². The standard InChI is InChI=1S/C18H21ClN4OS.HI/c1-20-18(21-10-13-4-2-3-5-15(13)19)22-11-17(24)23-8-6-16-14(12-23)7-9-25-16;/h2-5,7,9H,6,8,10-12H2,1H3,(H2,20,21,22);1H. The van der Waals surface area contributed by atoms with Crippen LogP contribution in [0.3, 0.4) is 0 Å². The molecule has 1 aliphatic rings. The van der Waals surface area contributed by atoms with Crippen molar-refractivity contribution >= 4 is 58.8 Å². The maximum Gasteiger partial charge on any atom is 0.242 e. The number of nitrogens with one attached hydrogen (secondary N) is 2. The minimum atomic E-state index is 0. The first-order valence-corrected chi connectivity index (χ1v) is 9.44. The van der Waals surface area contributed by atoms with Crippen LogP contribution in [-0.2, 0) is 24.3 Å². The zero-order valence-corrected chi connectivity index (χ0v) is 18.4. The summed E-state index contributed by atoms with van der Waals surface area (Å²) in [6.07, 6.45) is 0.943. The Morgan fingerprint density at radius 3 is 2.88 bits per heavy atom. The molecule has 0 fully saturated rings. The van der Waals surface area contributed by atoms with E-state index in [1.54, 1.807) is 18.4 Å². The molecule has 5 nitrogen and oxygen atoms in total. The van der Waals surface area contributed by atoms with Crippen LogP contribution in [0.5, 0.6) is 0 Å². The van der Waals surface area contributed by atoms with Gasteiger partial charge in [-0.05, 0) is 35.1 Å². The monoisotopic (exact) mass is 504 g/mol. The van der Waals surface area contributed by atoms with Crippen LogP contribution < -0.4 is 10.6 Å². The number of nitrogens with zero attached hydrogens (tertiary/aromatic N) is 2. The molecular weight excluding hydrogens is 483 g/mol. The molecule has 0 bridgehead atoms. The summed E-state index contributed by atoms with van der Waals surface area (Å²) >= 11 is 7.92. The summed E-state index contributed by atoms with van der Waals surface area (Å²) in [5.74, 6) is 0.666. The summed E-state index contributed by atoms with van der Waals surface area (Å²) in [6, 6.07) is 9.76. The van der Waals surface area contributed by atoms with Gasteiger partial charge in [-0.2, -0.15) is 0 Å². The number of rotatable bonds is 4. The van der Waals surface area contributed by atoms with Crippen LogP contribution in [-0.4, -0.2) is 36.9 Å². The van der Waals surface area contributed by atoms with Crippen molar-refractivity contribution in [1.29, 1.82) is 0 Å². The highest BCUT2D eigenvalue weighted by Crippen LogP contribution is 2.23. The predicted octanol–water partition coefficient (Wildman–Crippen LogP) is 3.27. The Labute approximate surface area is 179 Å². The van der Waals surface area contributed by atoms with Gasteiger partial charge >= 0.3 is 0 Å². The van der Waals surface area contributed by atoms with Gasteiger partial charge in [-0.15, -0.1) is 35.3 Å². The third-order valence-electron chi connectivity index (χ3n) is 4.20. The fourth-order valence-electron chi connectivity index (χ4n) is 2.77. The number of hydrogen-bond donors (Lipinski definition) is 2. The van der Waals surface area contributed by atoms with Crippen molar-refractivity contribution in [2.24, 2.45) is 4.99 Å². The summed E-state index contributed by atoms with van der Waals surface area (Å²) in [5, 5.41) is 9.07. The van der Waals surface area contributed by atoms with Crippen LogP contribution in [0.15, 0.2) is 40.7 Å². The number of hydrogen-bond acceptors (Lipinski definition) is 3. The molecule has 140 valence electrons. The van der Waals surface area contributed by atoms with Crippen molar-refractivity contribution in [2.45, 2.75) is 19.5 Å². The predicted molar refractivity (Wildman–Crippen MR) is 119 cm³/mol. The van der Waals surface area contributed by atoms with E-state index in [0.717, 1.165) is 18.5 Å². The molecule has 26 heavy (non-hydrogen) atoms. The first kappa shape index (κ1) is 21.0. The molecule has 0 saturated heterocycles. The molecule has 2 heterocycles. The molecule has 3 rings (SSSR count). The molecule has 1 aromatic heterocycles. The van der Waals surface area contributed by atoms with E-state index in [-0.39, 0.29) is 36.4 Å². The summed E-state index contributed by atoms with van der Waals surface area (Å²) in [7, 11) is 1.69. The fraction of sp³-hybridized carbons (Fsp3) is 0.333. The molecule has 1 amide bonds. The van der Waals surface area contributed by atoms with Crippen molar-refractivity contribution in [3.63, 3.8) is 0 Å². The largest absolute Gasteiger partial charge is 0.352 e. The number of guanidine groups is 1. The Morgan fingerprint density at radius 1 is 1.31 bits per heavy atom. The van der Waals surface area contributed by atoms with Gasteiger partial charge in [0.2, 0.25) is 5.91 Å². The number of thiophene rings is 1. The van der Waals surface area contributed by atoms with E-state index in [4.69, 9.17) is 11.6 Å². The molecule has 0 unspecified atom stereocenters. The van der Waals surface area contributed by atoms with Gasteiger partial charge in [0.1, 0.15) is 0 Å². The van der Waals surface area contributed by atoms with E-state index in [9.17, 15) is 4.79 Å². The number of fused-ring (bicyclic) bond motifs is 1. The molecule has 2 aromatic rings. The average molecular weight is 505 g/mol. The van der Waals surface area contributed by atoms with Gasteiger partial charge in [0.25, 0.3) is 0 Å². The third kappa shape index (κ3) is 5.34. The third-order valence-corrected chi connectivity index (χ3v) is 5.59. The lowest BCUT2D eigenvalue weighted by molar-refractivity contribution is -0.130. The average Bonchev–Trinajstić information content (AvgIpc) is 3.10. The van der Waals surface area contributed by atoms with Crippen molar-refractivity contribution in [1.82, 2.24) is 15.5 Å². The maximum absolute atomic E-state index is 12.4. The normalized spacial score (nSPS) is 13.6. The highest BCUT2D eigenvalue weighted by molar-refractivity contribution is 14.0. The zero-order valence-electron chi connectivity index (χ0n) is 14.5. The first-order chi connectivity index (χ1) is 12.2. The maximum atomic E-state index is 12.4. The Bertz CT molecular complexity index is 780. The number of carbonyl (C=O) groups excluding carboxylic acids is 1. The SMILES string of the molecule is CN=C(NCC(=O)N1CCc2sccc2C1)NCc1ccccc1Cl.I. The highest BCUT2D eigenvalue weighted by atomic mass is 127. The summed E-state index contributed by atoms with van der Waals surface area (Å²) in [5.41, 5.74) is 2.25. The van der Waals surface area contributed by atoms with E-state index >= 15 is 0 Å². The second-order valence-corrected chi connectivity index (χ2v) is 7.21. The Hall–Kier alpha value is -1.32. The Morgan fingerprint density at radius 2 is 2.12 bits per heavy atom. The molecule has 0 spiro atoms. The topological polar surface area (TPSA) is 56.7 Å². The van der Waals surface area contributed by atoms with Gasteiger partial charge < -0.3 is 15.5 Å². The minimum Gasteiger partial charge on any atom is -0.352 e. The Kier molecular flexibility index (Phi) is 8.17. The zero-order chi connectivity index (χ0) is 17.6. The van der Waals surface area contributed by atoms with Crippen molar-refractivity contribution in [2.75, 3.05) is 20.1 Å². The highest BCUT2D eigenvalue weighted by Gasteiger charge is 2.21. The van der Waals surface area contributed by atoms with Crippen LogP contribution in [0.1, 0.15) is 16.0 Å². The van der Waals surface area contributed by atoms with Crippen LogP contribution >= 0.6 is 46.9 Å². The first-order valence-electron chi connectivity index (χ1n) is 8.18. The summed E-state index contributed by atoms with van der Waals surface area (Å²) in [4.78, 5) is 19.9. The smallest absolute Gasteiger partial charge is 0.242 e.